The van der Waals surface area contributed by atoms with E-state index in [1.165, 1.54) is 11.0 Å². The quantitative estimate of drug-likeness (QED) is 0.756. The summed E-state index contributed by atoms with van der Waals surface area (Å²) >= 11 is 0. The third-order valence-corrected chi connectivity index (χ3v) is 2.09. The average Bonchev–Trinajstić information content (AvgIpc) is 2.19. The van der Waals surface area contributed by atoms with Crippen LogP contribution in [0.3, 0.4) is 0 Å². The van der Waals surface area contributed by atoms with Crippen molar-refractivity contribution in [3.05, 3.63) is 28.7 Å². The van der Waals surface area contributed by atoms with Crippen molar-refractivity contribution in [3.63, 3.8) is 0 Å². The van der Waals surface area contributed by atoms with E-state index in [1.807, 2.05) is 0 Å². The summed E-state index contributed by atoms with van der Waals surface area (Å²) in [7, 11) is 3.42. The largest absolute Gasteiger partial charge is 0.394 e. The highest BCUT2D eigenvalue weighted by Crippen LogP contribution is 1.97. The molecule has 0 atom stereocenters. The number of aryl methyl sites for hydroxylation is 1. The molecule has 1 amide bonds. The fourth-order valence-electron chi connectivity index (χ4n) is 1.13. The van der Waals surface area contributed by atoms with E-state index in [-0.39, 0.29) is 17.0 Å². The lowest BCUT2D eigenvalue weighted by Gasteiger charge is -2.11. The third kappa shape index (κ3) is 3.12. The van der Waals surface area contributed by atoms with Gasteiger partial charge in [0.05, 0.1) is 5.69 Å². The molecule has 0 aliphatic heterocycles. The van der Waals surface area contributed by atoms with Crippen molar-refractivity contribution >= 4 is 11.6 Å². The van der Waals surface area contributed by atoms with Crippen molar-refractivity contribution in [1.82, 2.24) is 9.47 Å². The Morgan fingerprint density at radius 2 is 2.20 bits per heavy atom. The Balaban J connectivity index is 2.62. The SMILES string of the molecule is CN(C)C(=O)CCn1ccc(=O)c(N)c1. The standard InChI is InChI=1S/C10H15N3O2/c1-12(2)10(15)4-6-13-5-3-9(14)8(11)7-13/h3,5,7H,4,6,11H2,1-2H3. The van der Waals surface area contributed by atoms with Gasteiger partial charge in [0.25, 0.3) is 0 Å². The summed E-state index contributed by atoms with van der Waals surface area (Å²) in [5.41, 5.74) is 5.47. The lowest BCUT2D eigenvalue weighted by atomic mass is 10.3. The molecule has 1 rings (SSSR count). The van der Waals surface area contributed by atoms with Gasteiger partial charge in [-0.3, -0.25) is 9.59 Å². The smallest absolute Gasteiger partial charge is 0.223 e. The van der Waals surface area contributed by atoms with Gasteiger partial charge < -0.3 is 15.2 Å². The molecule has 15 heavy (non-hydrogen) atoms. The van der Waals surface area contributed by atoms with Crippen LogP contribution >= 0.6 is 0 Å². The number of nitrogens with zero attached hydrogens (tertiary/aromatic N) is 2. The van der Waals surface area contributed by atoms with E-state index in [1.54, 1.807) is 31.1 Å². The predicted molar refractivity (Wildman–Crippen MR) is 58.4 cm³/mol. The number of carbonyl (C=O) groups excluding carboxylic acids is 1. The first-order valence-corrected chi connectivity index (χ1v) is 4.66. The van der Waals surface area contributed by atoms with Gasteiger partial charge in [0.15, 0.2) is 0 Å². The number of carbonyl (C=O) groups is 1. The number of rotatable bonds is 3. The average molecular weight is 209 g/mol. The summed E-state index contributed by atoms with van der Waals surface area (Å²) in [6, 6.07) is 1.40. The van der Waals surface area contributed by atoms with Crippen molar-refractivity contribution in [2.45, 2.75) is 13.0 Å². The van der Waals surface area contributed by atoms with Crippen LogP contribution in [0.2, 0.25) is 0 Å². The molecule has 1 aromatic rings. The van der Waals surface area contributed by atoms with Gasteiger partial charge in [-0.15, -0.1) is 0 Å². The molecule has 0 saturated carbocycles. The van der Waals surface area contributed by atoms with Gasteiger partial charge in [-0.1, -0.05) is 0 Å². The molecule has 5 heteroatoms. The second kappa shape index (κ2) is 4.63. The number of pyridine rings is 1. The van der Waals surface area contributed by atoms with Crippen LogP contribution in [0.1, 0.15) is 6.42 Å². The highest BCUT2D eigenvalue weighted by Gasteiger charge is 2.03. The fraction of sp³-hybridized carbons (Fsp3) is 0.400. The molecule has 5 nitrogen and oxygen atoms in total. The van der Waals surface area contributed by atoms with E-state index < -0.39 is 0 Å². The molecule has 0 fully saturated rings. The second-order valence-corrected chi connectivity index (χ2v) is 3.54. The second-order valence-electron chi connectivity index (χ2n) is 3.54. The first-order chi connectivity index (χ1) is 7.00. The number of amides is 1. The first-order valence-electron chi connectivity index (χ1n) is 4.66. The summed E-state index contributed by atoms with van der Waals surface area (Å²) in [6.45, 7) is 0.529. The van der Waals surface area contributed by atoms with Gasteiger partial charge in [0, 0.05) is 45.5 Å². The van der Waals surface area contributed by atoms with Crippen molar-refractivity contribution in [2.75, 3.05) is 19.8 Å². The van der Waals surface area contributed by atoms with E-state index in [4.69, 9.17) is 5.73 Å². The molecule has 0 saturated heterocycles. The van der Waals surface area contributed by atoms with Crippen LogP contribution in [0.4, 0.5) is 5.69 Å². The molecule has 0 spiro atoms. The van der Waals surface area contributed by atoms with Gasteiger partial charge in [-0.25, -0.2) is 0 Å². The zero-order valence-corrected chi connectivity index (χ0v) is 8.93. The van der Waals surface area contributed by atoms with Gasteiger partial charge in [0.2, 0.25) is 11.3 Å². The number of hydrogen-bond acceptors (Lipinski definition) is 3. The van der Waals surface area contributed by atoms with Crippen LogP contribution in [-0.2, 0) is 11.3 Å². The zero-order chi connectivity index (χ0) is 11.4. The van der Waals surface area contributed by atoms with Crippen molar-refractivity contribution < 1.29 is 4.79 Å². The normalized spacial score (nSPS) is 10.0. The summed E-state index contributed by atoms with van der Waals surface area (Å²) in [4.78, 5) is 23.8. The molecule has 1 heterocycles. The summed E-state index contributed by atoms with van der Waals surface area (Å²) in [5, 5.41) is 0. The van der Waals surface area contributed by atoms with Crippen LogP contribution in [0, 0.1) is 0 Å². The van der Waals surface area contributed by atoms with Crippen molar-refractivity contribution in [2.24, 2.45) is 0 Å². The molecule has 0 radical (unpaired) electrons. The van der Waals surface area contributed by atoms with Crippen molar-refractivity contribution in [1.29, 1.82) is 0 Å². The summed E-state index contributed by atoms with van der Waals surface area (Å²) < 4.78 is 1.73. The molecule has 2 N–H and O–H groups in total. The topological polar surface area (TPSA) is 68.3 Å². The number of nitrogens with two attached hydrogens (primary N) is 1. The lowest BCUT2D eigenvalue weighted by Crippen LogP contribution is -2.23. The van der Waals surface area contributed by atoms with Crippen molar-refractivity contribution in [3.8, 4) is 0 Å². The maximum Gasteiger partial charge on any atom is 0.223 e. The van der Waals surface area contributed by atoms with Crippen LogP contribution in [0.25, 0.3) is 0 Å². The van der Waals surface area contributed by atoms with E-state index in [2.05, 4.69) is 0 Å². The predicted octanol–water partition coefficient (Wildman–Crippen LogP) is -0.0912. The molecule has 0 bridgehead atoms. The minimum atomic E-state index is -0.190. The Morgan fingerprint density at radius 3 is 2.73 bits per heavy atom. The summed E-state index contributed by atoms with van der Waals surface area (Å²) in [5.74, 6) is 0.0484. The van der Waals surface area contributed by atoms with Gasteiger partial charge in [0.1, 0.15) is 0 Å². The fourth-order valence-corrected chi connectivity index (χ4v) is 1.13. The highest BCUT2D eigenvalue weighted by atomic mass is 16.2. The number of nitrogen functional groups attached to an aromatic ring is 1. The Morgan fingerprint density at radius 1 is 1.53 bits per heavy atom. The third-order valence-electron chi connectivity index (χ3n) is 2.09. The lowest BCUT2D eigenvalue weighted by molar-refractivity contribution is -0.128. The maximum absolute atomic E-state index is 11.3. The molecule has 0 aromatic carbocycles. The molecule has 82 valence electrons. The Hall–Kier alpha value is -1.78. The molecule has 0 aliphatic carbocycles. The van der Waals surface area contributed by atoms with E-state index in [0.717, 1.165) is 0 Å². The number of anilines is 1. The zero-order valence-electron chi connectivity index (χ0n) is 8.93. The maximum atomic E-state index is 11.3. The number of hydrogen-bond donors (Lipinski definition) is 1. The van der Waals surface area contributed by atoms with Gasteiger partial charge in [-0.05, 0) is 0 Å². The molecule has 0 unspecified atom stereocenters. The van der Waals surface area contributed by atoms with Crippen LogP contribution in [-0.4, -0.2) is 29.5 Å². The highest BCUT2D eigenvalue weighted by molar-refractivity contribution is 5.75. The van der Waals surface area contributed by atoms with E-state index >= 15 is 0 Å². The summed E-state index contributed by atoms with van der Waals surface area (Å²) in [6.07, 6.45) is 3.57. The Labute approximate surface area is 88.1 Å². The van der Waals surface area contributed by atoms with Gasteiger partial charge >= 0.3 is 0 Å². The first kappa shape index (κ1) is 11.3. The Bertz CT molecular complexity index is 409. The molecular formula is C10H15N3O2. The van der Waals surface area contributed by atoms with Crippen LogP contribution in [0.5, 0.6) is 0 Å². The van der Waals surface area contributed by atoms with Gasteiger partial charge in [-0.2, -0.15) is 0 Å². The minimum absolute atomic E-state index is 0.0484. The van der Waals surface area contributed by atoms with Crippen LogP contribution < -0.4 is 11.2 Å². The van der Waals surface area contributed by atoms with E-state index in [9.17, 15) is 9.59 Å². The van der Waals surface area contributed by atoms with Crippen LogP contribution in [0.15, 0.2) is 23.3 Å². The molecule has 0 aliphatic rings. The number of aromatic nitrogens is 1. The van der Waals surface area contributed by atoms with E-state index in [0.29, 0.717) is 13.0 Å². The Kier molecular flexibility index (Phi) is 3.49. The monoisotopic (exact) mass is 209 g/mol. The molecule has 1 aromatic heterocycles. The minimum Gasteiger partial charge on any atom is -0.394 e. The molecular weight excluding hydrogens is 194 g/mol.